The number of nitrogens with one attached hydrogen (secondary N) is 2. The Kier molecular flexibility index (Phi) is 6.28. The van der Waals surface area contributed by atoms with Crippen LogP contribution in [0.25, 0.3) is 5.65 Å². The van der Waals surface area contributed by atoms with E-state index in [-0.39, 0.29) is 19.0 Å². The van der Waals surface area contributed by atoms with Crippen molar-refractivity contribution < 1.29 is 22.8 Å². The molecule has 0 aliphatic rings. The Morgan fingerprint density at radius 2 is 1.93 bits per heavy atom. The predicted octanol–water partition coefficient (Wildman–Crippen LogP) is 2.32. The molecule has 0 fully saturated rings. The topological polar surface area (TPSA) is 101 Å². The number of carbonyl (C=O) groups is 2. The van der Waals surface area contributed by atoms with Gasteiger partial charge in [-0.3, -0.25) is 9.59 Å². The second-order valence-corrected chi connectivity index (χ2v) is 6.64. The number of carbonyl (C=O) groups excluding carboxylic acids is 2. The summed E-state index contributed by atoms with van der Waals surface area (Å²) in [6.45, 7) is 2.00. The predicted molar refractivity (Wildman–Crippen MR) is 100 cm³/mol. The average Bonchev–Trinajstić information content (AvgIpc) is 3.10. The number of alkyl halides is 3. The highest BCUT2D eigenvalue weighted by atomic mass is 19.4. The van der Waals surface area contributed by atoms with E-state index in [9.17, 15) is 22.8 Å². The van der Waals surface area contributed by atoms with Crippen LogP contribution in [0.15, 0.2) is 36.7 Å². The van der Waals surface area contributed by atoms with E-state index in [1.807, 2.05) is 0 Å². The van der Waals surface area contributed by atoms with Crippen LogP contribution < -0.4 is 10.6 Å². The van der Waals surface area contributed by atoms with Crippen molar-refractivity contribution in [2.75, 3.05) is 0 Å². The van der Waals surface area contributed by atoms with Gasteiger partial charge in [0.05, 0.1) is 31.1 Å². The summed E-state index contributed by atoms with van der Waals surface area (Å²) in [6.07, 6.45) is -3.02. The normalized spacial score (nSPS) is 11.5. The van der Waals surface area contributed by atoms with E-state index < -0.39 is 24.9 Å². The summed E-state index contributed by atoms with van der Waals surface area (Å²) in [4.78, 5) is 32.2. The Hall–Kier alpha value is -3.50. The van der Waals surface area contributed by atoms with Gasteiger partial charge >= 0.3 is 6.18 Å². The minimum Gasteiger partial charge on any atom is -0.352 e. The number of aromatic nitrogens is 4. The lowest BCUT2D eigenvalue weighted by Crippen LogP contribution is -2.24. The maximum absolute atomic E-state index is 12.2. The largest absolute Gasteiger partial charge is 0.389 e. The van der Waals surface area contributed by atoms with Crippen molar-refractivity contribution in [3.8, 4) is 0 Å². The number of hydrogen-bond donors (Lipinski definition) is 2. The molecule has 3 aromatic heterocycles. The molecule has 0 unspecified atom stereocenters. The second-order valence-electron chi connectivity index (χ2n) is 6.64. The molecule has 0 radical (unpaired) electrons. The van der Waals surface area contributed by atoms with Crippen LogP contribution in [0.5, 0.6) is 0 Å². The third-order valence-electron chi connectivity index (χ3n) is 4.10. The molecule has 0 spiro atoms. The Bertz CT molecular complexity index is 1060. The van der Waals surface area contributed by atoms with Crippen LogP contribution in [0.2, 0.25) is 0 Å². The molecule has 3 aromatic rings. The first-order chi connectivity index (χ1) is 14.2. The lowest BCUT2D eigenvalue weighted by atomic mass is 10.2. The Morgan fingerprint density at radius 3 is 2.67 bits per heavy atom. The molecule has 0 aliphatic carbocycles. The van der Waals surface area contributed by atoms with E-state index in [4.69, 9.17) is 0 Å². The molecule has 0 saturated heterocycles. The maximum atomic E-state index is 12.2. The smallest absolute Gasteiger partial charge is 0.352 e. The lowest BCUT2D eigenvalue weighted by molar-refractivity contribution is -0.144. The molecular formula is C19H19F3N6O2. The molecule has 2 N–H and O–H groups in total. The van der Waals surface area contributed by atoms with Gasteiger partial charge in [-0.25, -0.2) is 14.5 Å². The summed E-state index contributed by atoms with van der Waals surface area (Å²) in [7, 11) is 0. The number of imidazole rings is 1. The van der Waals surface area contributed by atoms with Crippen molar-refractivity contribution in [1.82, 2.24) is 30.2 Å². The van der Waals surface area contributed by atoms with E-state index >= 15 is 0 Å². The number of pyridine rings is 1. The van der Waals surface area contributed by atoms with Crippen molar-refractivity contribution in [3.63, 3.8) is 0 Å². The lowest BCUT2D eigenvalue weighted by Gasteiger charge is -2.07. The molecule has 3 rings (SSSR count). The highest BCUT2D eigenvalue weighted by molar-refractivity contribution is 5.92. The summed E-state index contributed by atoms with van der Waals surface area (Å²) in [5.41, 5.74) is 2.68. The fourth-order valence-corrected chi connectivity index (χ4v) is 2.62. The zero-order valence-corrected chi connectivity index (χ0v) is 16.0. The average molecular weight is 420 g/mol. The molecule has 0 aromatic carbocycles. The Labute approximate surface area is 169 Å². The summed E-state index contributed by atoms with van der Waals surface area (Å²) >= 11 is 0. The van der Waals surface area contributed by atoms with Crippen LogP contribution in [-0.2, 0) is 17.9 Å². The van der Waals surface area contributed by atoms with Gasteiger partial charge in [-0.05, 0) is 30.7 Å². The molecule has 158 valence electrons. The van der Waals surface area contributed by atoms with E-state index in [1.54, 1.807) is 37.4 Å². The zero-order valence-electron chi connectivity index (χ0n) is 16.0. The quantitative estimate of drug-likeness (QED) is 0.611. The molecular weight excluding hydrogens is 401 g/mol. The molecule has 8 nitrogen and oxygen atoms in total. The fourth-order valence-electron chi connectivity index (χ4n) is 2.62. The van der Waals surface area contributed by atoms with Gasteiger partial charge < -0.3 is 10.6 Å². The molecule has 30 heavy (non-hydrogen) atoms. The first kappa shape index (κ1) is 21.2. The van der Waals surface area contributed by atoms with Crippen molar-refractivity contribution in [3.05, 3.63) is 59.3 Å². The van der Waals surface area contributed by atoms with Crippen molar-refractivity contribution in [2.45, 2.75) is 39.0 Å². The van der Waals surface area contributed by atoms with Crippen LogP contribution in [0.3, 0.4) is 0 Å². The van der Waals surface area contributed by atoms with Gasteiger partial charge in [0.2, 0.25) is 5.91 Å². The molecule has 0 aliphatic heterocycles. The second kappa shape index (κ2) is 8.89. The highest BCUT2D eigenvalue weighted by Crippen LogP contribution is 2.21. The van der Waals surface area contributed by atoms with Gasteiger partial charge in [-0.2, -0.15) is 18.3 Å². The van der Waals surface area contributed by atoms with E-state index in [0.717, 1.165) is 5.69 Å². The molecule has 0 bridgehead atoms. The molecule has 2 amide bonds. The van der Waals surface area contributed by atoms with Gasteiger partial charge in [0.15, 0.2) is 5.65 Å². The van der Waals surface area contributed by atoms with Gasteiger partial charge in [0.1, 0.15) is 5.69 Å². The van der Waals surface area contributed by atoms with E-state index in [2.05, 4.69) is 25.7 Å². The number of halogens is 3. The monoisotopic (exact) mass is 420 g/mol. The van der Waals surface area contributed by atoms with E-state index in [1.165, 1.54) is 10.7 Å². The van der Waals surface area contributed by atoms with Crippen molar-refractivity contribution >= 4 is 17.5 Å². The number of aryl methyl sites for hydroxylation is 1. The summed E-state index contributed by atoms with van der Waals surface area (Å²) in [6, 6.07) is 6.81. The maximum Gasteiger partial charge on any atom is 0.389 e. The van der Waals surface area contributed by atoms with Gasteiger partial charge in [-0.15, -0.1) is 0 Å². The number of rotatable bonds is 7. The summed E-state index contributed by atoms with van der Waals surface area (Å²) < 4.78 is 38.0. The SMILES string of the molecule is Cc1cccc(C(=O)NCc2cn3ncc(CNC(=O)CCC(F)(F)F)cc3n2)n1. The molecule has 0 saturated carbocycles. The van der Waals surface area contributed by atoms with Crippen molar-refractivity contribution in [2.24, 2.45) is 0 Å². The van der Waals surface area contributed by atoms with Crippen molar-refractivity contribution in [1.29, 1.82) is 0 Å². The number of fused-ring (bicyclic) bond motifs is 1. The molecule has 3 heterocycles. The minimum atomic E-state index is -4.37. The van der Waals surface area contributed by atoms with Crippen LogP contribution in [0.1, 0.15) is 40.3 Å². The van der Waals surface area contributed by atoms with Crippen LogP contribution in [-0.4, -0.2) is 37.6 Å². The van der Waals surface area contributed by atoms with Gasteiger partial charge in [0.25, 0.3) is 5.91 Å². The zero-order chi connectivity index (χ0) is 21.7. The van der Waals surface area contributed by atoms with Crippen LogP contribution >= 0.6 is 0 Å². The fraction of sp³-hybridized carbons (Fsp3) is 0.316. The van der Waals surface area contributed by atoms with Crippen LogP contribution in [0, 0.1) is 6.92 Å². The number of amides is 2. The Balaban J connectivity index is 1.56. The summed E-state index contributed by atoms with van der Waals surface area (Å²) in [5, 5.41) is 9.32. The standard InChI is InChI=1S/C19H19F3N6O2/c1-12-3-2-4-15(26-12)18(30)24-10-14-11-28-16(27-14)7-13(9-25-28)8-23-17(29)5-6-19(20,21)22/h2-4,7,9,11H,5-6,8,10H2,1H3,(H,23,29)(H,24,30). The minimum absolute atomic E-state index is 0.0398. The van der Waals surface area contributed by atoms with E-state index in [0.29, 0.717) is 22.6 Å². The van der Waals surface area contributed by atoms with Gasteiger partial charge in [-0.1, -0.05) is 6.07 Å². The first-order valence-corrected chi connectivity index (χ1v) is 9.08. The molecule has 0 atom stereocenters. The van der Waals surface area contributed by atoms with Crippen LogP contribution in [0.4, 0.5) is 13.2 Å². The first-order valence-electron chi connectivity index (χ1n) is 9.08. The highest BCUT2D eigenvalue weighted by Gasteiger charge is 2.27. The summed E-state index contributed by atoms with van der Waals surface area (Å²) in [5.74, 6) is -1.02. The Morgan fingerprint density at radius 1 is 1.13 bits per heavy atom. The number of nitrogens with zero attached hydrogens (tertiary/aromatic N) is 4. The number of hydrogen-bond acceptors (Lipinski definition) is 5. The third-order valence-corrected chi connectivity index (χ3v) is 4.10. The third kappa shape index (κ3) is 6.00. The van der Waals surface area contributed by atoms with Gasteiger partial charge in [0, 0.05) is 18.7 Å². The molecule has 11 heteroatoms.